The number of unbranched alkanes of at least 4 members (excludes halogenated alkanes) is 1. The highest BCUT2D eigenvalue weighted by Gasteiger charge is 2.22. The Hall–Kier alpha value is -3.38. The fourth-order valence-corrected chi connectivity index (χ4v) is 5.39. The first-order chi connectivity index (χ1) is 19.8. The fourth-order valence-electron chi connectivity index (χ4n) is 5.39. The van der Waals surface area contributed by atoms with Crippen LogP contribution in [-0.4, -0.2) is 11.7 Å². The Balaban J connectivity index is 1.36. The molecular formula is C35H38F4O2. The monoisotopic (exact) mass is 566 g/mol. The van der Waals surface area contributed by atoms with Gasteiger partial charge in [-0.25, -0.2) is 13.2 Å². The Morgan fingerprint density at radius 2 is 1.68 bits per heavy atom. The molecule has 2 unspecified atom stereocenters. The normalized spacial score (nSPS) is 15.9. The van der Waals surface area contributed by atoms with E-state index in [2.05, 4.69) is 6.58 Å². The predicted octanol–water partition coefficient (Wildman–Crippen LogP) is 9.90. The predicted molar refractivity (Wildman–Crippen MR) is 157 cm³/mol. The lowest BCUT2D eigenvalue weighted by atomic mass is 9.83. The van der Waals surface area contributed by atoms with Crippen molar-refractivity contribution in [3.63, 3.8) is 0 Å². The van der Waals surface area contributed by atoms with Gasteiger partial charge < -0.3 is 9.84 Å². The van der Waals surface area contributed by atoms with Crippen molar-refractivity contribution in [2.75, 3.05) is 6.61 Å². The number of rotatable bonds is 13. The second kappa shape index (κ2) is 14.5. The van der Waals surface area contributed by atoms with Crippen LogP contribution in [0, 0.1) is 29.2 Å². The molecule has 0 amide bonds. The molecule has 41 heavy (non-hydrogen) atoms. The molecule has 0 bridgehead atoms. The maximum Gasteiger partial charge on any atom is 0.201 e. The molecule has 2 atom stereocenters. The molecule has 0 saturated carbocycles. The van der Waals surface area contributed by atoms with Crippen LogP contribution in [0.15, 0.2) is 67.3 Å². The number of ether oxygens (including phenoxy) is 1. The van der Waals surface area contributed by atoms with E-state index < -0.39 is 29.4 Å². The molecule has 0 spiro atoms. The molecule has 1 aliphatic carbocycles. The maximum absolute atomic E-state index is 15.0. The van der Waals surface area contributed by atoms with Gasteiger partial charge in [0.05, 0.1) is 12.7 Å². The molecule has 3 aromatic rings. The number of aliphatic hydroxyl groups excluding tert-OH is 1. The number of hydrogen-bond donors (Lipinski definition) is 1. The van der Waals surface area contributed by atoms with Crippen LogP contribution in [0.1, 0.15) is 81.1 Å². The Bertz CT molecular complexity index is 1360. The van der Waals surface area contributed by atoms with Crippen molar-refractivity contribution in [3.8, 4) is 16.9 Å². The smallest absolute Gasteiger partial charge is 0.201 e. The molecule has 0 fully saturated rings. The highest BCUT2D eigenvalue weighted by atomic mass is 19.2. The van der Waals surface area contributed by atoms with Gasteiger partial charge >= 0.3 is 0 Å². The van der Waals surface area contributed by atoms with Crippen molar-refractivity contribution < 1.29 is 27.4 Å². The van der Waals surface area contributed by atoms with E-state index in [4.69, 9.17) is 4.74 Å². The third kappa shape index (κ3) is 7.48. The second-order valence-corrected chi connectivity index (χ2v) is 10.8. The van der Waals surface area contributed by atoms with E-state index in [0.717, 1.165) is 30.4 Å². The summed E-state index contributed by atoms with van der Waals surface area (Å²) in [5.41, 5.74) is 2.83. The summed E-state index contributed by atoms with van der Waals surface area (Å²) in [5.74, 6) is -3.44. The summed E-state index contributed by atoms with van der Waals surface area (Å²) >= 11 is 0. The van der Waals surface area contributed by atoms with Crippen LogP contribution < -0.4 is 4.74 Å². The third-order valence-electron chi connectivity index (χ3n) is 7.88. The minimum absolute atomic E-state index is 0.0901. The van der Waals surface area contributed by atoms with Crippen LogP contribution >= 0.6 is 0 Å². The zero-order valence-electron chi connectivity index (χ0n) is 23.6. The van der Waals surface area contributed by atoms with E-state index in [1.807, 2.05) is 13.0 Å². The number of benzene rings is 3. The quantitative estimate of drug-likeness (QED) is 0.127. The molecule has 218 valence electrons. The van der Waals surface area contributed by atoms with Crippen LogP contribution in [0.25, 0.3) is 16.7 Å². The number of halogens is 4. The lowest BCUT2D eigenvalue weighted by Crippen LogP contribution is -2.09. The first-order valence-corrected chi connectivity index (χ1v) is 14.5. The van der Waals surface area contributed by atoms with E-state index in [1.165, 1.54) is 6.07 Å². The number of aliphatic hydroxyl groups is 1. The van der Waals surface area contributed by atoms with Crippen LogP contribution in [-0.2, 0) is 6.42 Å². The van der Waals surface area contributed by atoms with Crippen molar-refractivity contribution in [2.45, 2.75) is 70.8 Å². The summed E-state index contributed by atoms with van der Waals surface area (Å²) in [6, 6.07) is 13.2. The van der Waals surface area contributed by atoms with Gasteiger partial charge in [-0.05, 0) is 91.7 Å². The Labute approximate surface area is 240 Å². The SMILES string of the molecule is C=CCCCOc1ccc(C2=CCC(CCc3ccc(-c4ccc(C(O)CCC)cc4)c(F)c3F)CC2)c(F)c1F. The first kappa shape index (κ1) is 30.6. The van der Waals surface area contributed by atoms with Gasteiger partial charge in [0.1, 0.15) is 0 Å². The zero-order valence-corrected chi connectivity index (χ0v) is 23.6. The largest absolute Gasteiger partial charge is 0.490 e. The van der Waals surface area contributed by atoms with Gasteiger partial charge in [0.2, 0.25) is 5.82 Å². The molecule has 6 heteroatoms. The van der Waals surface area contributed by atoms with Crippen molar-refractivity contribution >= 4 is 5.57 Å². The highest BCUT2D eigenvalue weighted by Crippen LogP contribution is 2.36. The topological polar surface area (TPSA) is 29.5 Å². The van der Waals surface area contributed by atoms with Gasteiger partial charge in [0.15, 0.2) is 23.2 Å². The molecule has 0 saturated heterocycles. The number of allylic oxidation sites excluding steroid dienone is 3. The van der Waals surface area contributed by atoms with Crippen molar-refractivity contribution in [1.82, 2.24) is 0 Å². The van der Waals surface area contributed by atoms with Crippen molar-refractivity contribution in [3.05, 3.63) is 107 Å². The van der Waals surface area contributed by atoms with Gasteiger partial charge in [0.25, 0.3) is 0 Å². The average Bonchev–Trinajstić information content (AvgIpc) is 2.99. The molecule has 0 radical (unpaired) electrons. The van der Waals surface area contributed by atoms with Crippen molar-refractivity contribution in [2.24, 2.45) is 5.92 Å². The molecular weight excluding hydrogens is 528 g/mol. The van der Waals surface area contributed by atoms with Gasteiger partial charge in [-0.15, -0.1) is 6.58 Å². The summed E-state index contributed by atoms with van der Waals surface area (Å²) in [5, 5.41) is 10.2. The standard InChI is InChI=1S/C35H38F4O2/c1-3-5-6-22-41-31-21-20-29(34(38)35(31)39)24-11-8-23(9-12-24)10-13-27-18-19-28(33(37)32(27)36)25-14-16-26(17-15-25)30(40)7-4-2/h3,11,14-21,23,30,40H,1,4-10,12-13,22H2,2H3. The minimum atomic E-state index is -0.977. The highest BCUT2D eigenvalue weighted by molar-refractivity contribution is 5.68. The van der Waals surface area contributed by atoms with Gasteiger partial charge in [0, 0.05) is 11.1 Å². The second-order valence-electron chi connectivity index (χ2n) is 10.8. The van der Waals surface area contributed by atoms with Crippen LogP contribution in [0.2, 0.25) is 0 Å². The van der Waals surface area contributed by atoms with E-state index in [9.17, 15) is 13.9 Å². The molecule has 4 rings (SSSR count). The third-order valence-corrected chi connectivity index (χ3v) is 7.88. The zero-order chi connectivity index (χ0) is 29.4. The lowest BCUT2D eigenvalue weighted by Gasteiger charge is -2.23. The van der Waals surface area contributed by atoms with E-state index in [1.54, 1.807) is 48.5 Å². The van der Waals surface area contributed by atoms with E-state index in [0.29, 0.717) is 49.7 Å². The molecule has 1 N–H and O–H groups in total. The number of hydrogen-bond acceptors (Lipinski definition) is 2. The summed E-state index contributed by atoms with van der Waals surface area (Å²) in [4.78, 5) is 0. The first-order valence-electron chi connectivity index (χ1n) is 14.5. The molecule has 1 aliphatic rings. The van der Waals surface area contributed by atoms with Crippen LogP contribution in [0.5, 0.6) is 5.75 Å². The van der Waals surface area contributed by atoms with Crippen molar-refractivity contribution in [1.29, 1.82) is 0 Å². The van der Waals surface area contributed by atoms with Crippen LogP contribution in [0.4, 0.5) is 17.6 Å². The molecule has 2 nitrogen and oxygen atoms in total. The Morgan fingerprint density at radius 3 is 2.37 bits per heavy atom. The van der Waals surface area contributed by atoms with Gasteiger partial charge in [-0.3, -0.25) is 0 Å². The Kier molecular flexibility index (Phi) is 10.8. The van der Waals surface area contributed by atoms with E-state index in [-0.39, 0.29) is 29.4 Å². The summed E-state index contributed by atoms with van der Waals surface area (Å²) in [6.45, 7) is 5.91. The van der Waals surface area contributed by atoms with E-state index >= 15 is 8.78 Å². The van der Waals surface area contributed by atoms with Gasteiger partial charge in [-0.1, -0.05) is 61.9 Å². The minimum Gasteiger partial charge on any atom is -0.490 e. The summed E-state index contributed by atoms with van der Waals surface area (Å²) < 4.78 is 64.8. The maximum atomic E-state index is 15.0. The summed E-state index contributed by atoms with van der Waals surface area (Å²) in [6.07, 6.45) is 9.07. The molecule has 0 aliphatic heterocycles. The molecule has 0 heterocycles. The van der Waals surface area contributed by atoms with Gasteiger partial charge in [-0.2, -0.15) is 4.39 Å². The fraction of sp³-hybridized carbons (Fsp3) is 0.371. The number of aryl methyl sites for hydroxylation is 1. The van der Waals surface area contributed by atoms with Crippen LogP contribution in [0.3, 0.4) is 0 Å². The lowest BCUT2D eigenvalue weighted by molar-refractivity contribution is 0.166. The Morgan fingerprint density at radius 1 is 0.951 bits per heavy atom. The molecule has 3 aromatic carbocycles. The summed E-state index contributed by atoms with van der Waals surface area (Å²) in [7, 11) is 0. The average molecular weight is 567 g/mol. The molecule has 0 aromatic heterocycles.